The smallest absolute Gasteiger partial charge is 0.261 e. The molecule has 0 bridgehead atoms. The van der Waals surface area contributed by atoms with Crippen molar-refractivity contribution < 1.29 is 14.3 Å². The average Bonchev–Trinajstić information content (AvgIpc) is 2.57. The summed E-state index contributed by atoms with van der Waals surface area (Å²) in [6.45, 7) is 5.31. The predicted octanol–water partition coefficient (Wildman–Crippen LogP) is 3.52. The van der Waals surface area contributed by atoms with Gasteiger partial charge in [0.2, 0.25) is 5.90 Å². The number of pyridine rings is 1. The van der Waals surface area contributed by atoms with Crippen LogP contribution < -0.4 is 10.1 Å². The molecule has 6 nitrogen and oxygen atoms in total. The lowest BCUT2D eigenvalue weighted by Gasteiger charge is -2.28. The Morgan fingerprint density at radius 3 is 2.76 bits per heavy atom. The number of halogens is 1. The van der Waals surface area contributed by atoms with E-state index in [1.165, 1.54) is 7.11 Å². The lowest BCUT2D eigenvalue weighted by molar-refractivity contribution is -0.129. The molecule has 1 aromatic heterocycles. The van der Waals surface area contributed by atoms with Gasteiger partial charge in [-0.2, -0.15) is 0 Å². The van der Waals surface area contributed by atoms with Crippen molar-refractivity contribution in [3.05, 3.63) is 34.0 Å². The van der Waals surface area contributed by atoms with Crippen LogP contribution in [0.1, 0.15) is 27.2 Å². The highest BCUT2D eigenvalue weighted by molar-refractivity contribution is 14.1. The number of nitrogens with zero attached hydrogens (tertiary/aromatic N) is 1. The summed E-state index contributed by atoms with van der Waals surface area (Å²) >= 11 is 2.21. The normalized spacial score (nSPS) is 12.5. The van der Waals surface area contributed by atoms with Gasteiger partial charge in [-0.3, -0.25) is 15.2 Å². The molecule has 1 aromatic carbocycles. The van der Waals surface area contributed by atoms with Crippen LogP contribution in [0.4, 0.5) is 0 Å². The van der Waals surface area contributed by atoms with E-state index >= 15 is 0 Å². The van der Waals surface area contributed by atoms with Crippen molar-refractivity contribution in [3.63, 3.8) is 0 Å². The second kappa shape index (κ2) is 7.99. The Balaban J connectivity index is 2.16. The molecule has 1 heterocycles. The molecule has 0 aliphatic heterocycles. The predicted molar refractivity (Wildman–Crippen MR) is 106 cm³/mol. The molecule has 134 valence electrons. The van der Waals surface area contributed by atoms with Gasteiger partial charge in [0, 0.05) is 15.2 Å². The van der Waals surface area contributed by atoms with Gasteiger partial charge in [0.05, 0.1) is 12.6 Å². The minimum Gasteiger partial charge on any atom is -0.483 e. The first kappa shape index (κ1) is 19.4. The number of hydrogen-bond donors (Lipinski definition) is 2. The SMILES string of the molecule is CCC(Oc1ccc2ncc(I)cc2c1)C(=O)NC(C)(C)C(=N)OC. The third-order valence-corrected chi connectivity index (χ3v) is 4.36. The standard InChI is InChI=1S/C18H22IN3O3/c1-5-15(16(23)22-18(2,3)17(20)24-4)25-13-6-7-14-11(9-13)8-12(19)10-21-14/h6-10,15,20H,5H2,1-4H3,(H,22,23). The second-order valence-electron chi connectivity index (χ2n) is 6.17. The number of carbonyl (C=O) groups is 1. The molecule has 0 aliphatic rings. The molecule has 1 unspecified atom stereocenters. The molecule has 2 N–H and O–H groups in total. The molecule has 7 heteroatoms. The summed E-state index contributed by atoms with van der Waals surface area (Å²) in [4.78, 5) is 16.9. The number of carbonyl (C=O) groups excluding carboxylic acids is 1. The monoisotopic (exact) mass is 455 g/mol. The van der Waals surface area contributed by atoms with Crippen LogP contribution in [0.5, 0.6) is 5.75 Å². The minimum atomic E-state index is -0.897. The molecule has 0 spiro atoms. The third kappa shape index (κ3) is 4.81. The third-order valence-electron chi connectivity index (χ3n) is 3.77. The number of nitrogens with one attached hydrogen (secondary N) is 2. The summed E-state index contributed by atoms with van der Waals surface area (Å²) in [7, 11) is 1.41. The highest BCUT2D eigenvalue weighted by Crippen LogP contribution is 2.22. The maximum atomic E-state index is 12.5. The van der Waals surface area contributed by atoms with Gasteiger partial charge in [0.1, 0.15) is 11.3 Å². The van der Waals surface area contributed by atoms with Crippen molar-refractivity contribution in [3.8, 4) is 5.75 Å². The summed E-state index contributed by atoms with van der Waals surface area (Å²) in [5.41, 5.74) is -0.0218. The van der Waals surface area contributed by atoms with Crippen LogP contribution in [0, 0.1) is 8.98 Å². The van der Waals surface area contributed by atoms with Crippen LogP contribution in [0.25, 0.3) is 10.9 Å². The zero-order valence-electron chi connectivity index (χ0n) is 14.7. The maximum Gasteiger partial charge on any atom is 0.261 e. The minimum absolute atomic E-state index is 0.0120. The van der Waals surface area contributed by atoms with Gasteiger partial charge in [0.25, 0.3) is 5.91 Å². The number of ether oxygens (including phenoxy) is 2. The number of hydrogen-bond acceptors (Lipinski definition) is 5. The number of benzene rings is 1. The number of aromatic nitrogens is 1. The van der Waals surface area contributed by atoms with Crippen LogP contribution in [0.3, 0.4) is 0 Å². The number of rotatable bonds is 6. The molecule has 0 saturated carbocycles. The van der Waals surface area contributed by atoms with E-state index in [2.05, 4.69) is 32.9 Å². The second-order valence-corrected chi connectivity index (χ2v) is 7.42. The molecule has 0 radical (unpaired) electrons. The quantitative estimate of drug-likeness (QED) is 0.397. The van der Waals surface area contributed by atoms with Crippen molar-refractivity contribution in [1.29, 1.82) is 5.41 Å². The Morgan fingerprint density at radius 2 is 2.12 bits per heavy atom. The number of methoxy groups -OCH3 is 1. The largest absolute Gasteiger partial charge is 0.483 e. The number of amides is 1. The fourth-order valence-electron chi connectivity index (χ4n) is 2.34. The fraction of sp³-hybridized carbons (Fsp3) is 0.389. The maximum absolute atomic E-state index is 12.5. The average molecular weight is 455 g/mol. The molecule has 0 saturated heterocycles. The molecular weight excluding hydrogens is 433 g/mol. The van der Waals surface area contributed by atoms with Gasteiger partial charge < -0.3 is 14.8 Å². The van der Waals surface area contributed by atoms with Crippen molar-refractivity contribution in [1.82, 2.24) is 10.3 Å². The van der Waals surface area contributed by atoms with Crippen LogP contribution in [0.2, 0.25) is 0 Å². The molecule has 1 atom stereocenters. The van der Waals surface area contributed by atoms with E-state index in [1.807, 2.05) is 25.1 Å². The highest BCUT2D eigenvalue weighted by Gasteiger charge is 2.30. The summed E-state index contributed by atoms with van der Waals surface area (Å²) in [5.74, 6) is 0.315. The van der Waals surface area contributed by atoms with Crippen molar-refractivity contribution in [2.45, 2.75) is 38.8 Å². The summed E-state index contributed by atoms with van der Waals surface area (Å²) in [6.07, 6.45) is 1.65. The molecule has 0 aliphatic carbocycles. The van der Waals surface area contributed by atoms with E-state index in [9.17, 15) is 4.79 Å². The Morgan fingerprint density at radius 1 is 1.40 bits per heavy atom. The van der Waals surface area contributed by atoms with Crippen molar-refractivity contribution in [2.24, 2.45) is 0 Å². The zero-order chi connectivity index (χ0) is 18.6. The molecule has 1 amide bonds. The molecule has 0 fully saturated rings. The van der Waals surface area contributed by atoms with Crippen LogP contribution in [-0.4, -0.2) is 35.5 Å². The van der Waals surface area contributed by atoms with E-state index < -0.39 is 11.6 Å². The topological polar surface area (TPSA) is 84.3 Å². The van der Waals surface area contributed by atoms with Crippen LogP contribution in [0.15, 0.2) is 30.5 Å². The highest BCUT2D eigenvalue weighted by atomic mass is 127. The van der Waals surface area contributed by atoms with Crippen LogP contribution >= 0.6 is 22.6 Å². The lowest BCUT2D eigenvalue weighted by Crippen LogP contribution is -2.54. The van der Waals surface area contributed by atoms with Crippen molar-refractivity contribution >= 4 is 45.3 Å². The van der Waals surface area contributed by atoms with Gasteiger partial charge in [-0.15, -0.1) is 0 Å². The van der Waals surface area contributed by atoms with Gasteiger partial charge in [-0.25, -0.2) is 0 Å². The summed E-state index contributed by atoms with van der Waals surface area (Å²) < 4.78 is 11.8. The van der Waals surface area contributed by atoms with Crippen LogP contribution in [-0.2, 0) is 9.53 Å². The number of fused-ring (bicyclic) bond motifs is 1. The van der Waals surface area contributed by atoms with E-state index in [1.54, 1.807) is 26.1 Å². The van der Waals surface area contributed by atoms with Gasteiger partial charge in [-0.05, 0) is 67.1 Å². The van der Waals surface area contributed by atoms with Crippen molar-refractivity contribution in [2.75, 3.05) is 7.11 Å². The Labute approximate surface area is 161 Å². The van der Waals surface area contributed by atoms with E-state index in [4.69, 9.17) is 14.9 Å². The zero-order valence-corrected chi connectivity index (χ0v) is 16.9. The molecule has 25 heavy (non-hydrogen) atoms. The molecular formula is C18H22IN3O3. The first-order valence-electron chi connectivity index (χ1n) is 7.94. The Hall–Kier alpha value is -1.90. The molecule has 2 aromatic rings. The van der Waals surface area contributed by atoms with E-state index in [0.29, 0.717) is 12.2 Å². The summed E-state index contributed by atoms with van der Waals surface area (Å²) in [5, 5.41) is 11.5. The first-order valence-corrected chi connectivity index (χ1v) is 9.01. The van der Waals surface area contributed by atoms with Gasteiger partial charge in [-0.1, -0.05) is 6.92 Å². The Kier molecular flexibility index (Phi) is 6.21. The Bertz CT molecular complexity index is 792. The van der Waals surface area contributed by atoms with Gasteiger partial charge in [0.15, 0.2) is 6.10 Å². The van der Waals surface area contributed by atoms with E-state index in [0.717, 1.165) is 14.5 Å². The lowest BCUT2D eigenvalue weighted by atomic mass is 10.0. The first-order chi connectivity index (χ1) is 11.8. The summed E-state index contributed by atoms with van der Waals surface area (Å²) in [6, 6.07) is 7.57. The van der Waals surface area contributed by atoms with Gasteiger partial charge >= 0.3 is 0 Å². The van der Waals surface area contributed by atoms with E-state index in [-0.39, 0.29) is 11.8 Å². The fourth-order valence-corrected chi connectivity index (χ4v) is 2.82. The molecule has 2 rings (SSSR count).